The van der Waals surface area contributed by atoms with Crippen molar-refractivity contribution in [3.05, 3.63) is 23.8 Å². The highest BCUT2D eigenvalue weighted by atomic mass is 16.3. The van der Waals surface area contributed by atoms with Crippen molar-refractivity contribution < 1.29 is 5.11 Å². The molecule has 4 nitrogen and oxygen atoms in total. The third-order valence-electron chi connectivity index (χ3n) is 2.18. The normalized spacial score (nSPS) is 11.8. The fraction of sp³-hybridized carbons (Fsp3) is 0.364. The average molecular weight is 205 g/mol. The lowest BCUT2D eigenvalue weighted by Gasteiger charge is -2.12. The summed E-state index contributed by atoms with van der Waals surface area (Å²) in [4.78, 5) is 0. The van der Waals surface area contributed by atoms with Gasteiger partial charge in [0.2, 0.25) is 0 Å². The summed E-state index contributed by atoms with van der Waals surface area (Å²) in [7, 11) is 0. The van der Waals surface area contributed by atoms with Crippen LogP contribution >= 0.6 is 0 Å². The van der Waals surface area contributed by atoms with Gasteiger partial charge >= 0.3 is 0 Å². The zero-order valence-electron chi connectivity index (χ0n) is 8.70. The highest BCUT2D eigenvalue weighted by Gasteiger charge is 2.03. The van der Waals surface area contributed by atoms with Crippen molar-refractivity contribution in [2.75, 3.05) is 17.6 Å². The molecule has 15 heavy (non-hydrogen) atoms. The number of nitrogen functional groups attached to an aromatic ring is 1. The van der Waals surface area contributed by atoms with Gasteiger partial charge in [0.15, 0.2) is 0 Å². The van der Waals surface area contributed by atoms with Crippen molar-refractivity contribution in [1.82, 2.24) is 0 Å². The number of hydrogen-bond acceptors (Lipinski definition) is 4. The number of nitrogens with zero attached hydrogens (tertiary/aromatic N) is 1. The first-order chi connectivity index (χ1) is 7.17. The van der Waals surface area contributed by atoms with Crippen molar-refractivity contribution in [2.45, 2.75) is 19.4 Å². The molecule has 80 valence electrons. The maximum Gasteiger partial charge on any atom is 0.0992 e. The molecule has 1 aromatic rings. The van der Waals surface area contributed by atoms with Gasteiger partial charge in [-0.05, 0) is 24.6 Å². The van der Waals surface area contributed by atoms with E-state index >= 15 is 0 Å². The molecule has 0 heterocycles. The number of benzene rings is 1. The number of nitrogens with two attached hydrogens (primary N) is 1. The Bertz CT molecular complexity index is 371. The summed E-state index contributed by atoms with van der Waals surface area (Å²) in [6.45, 7) is 2.38. The predicted molar refractivity (Wildman–Crippen MR) is 60.4 cm³/mol. The topological polar surface area (TPSA) is 82.1 Å². The zero-order chi connectivity index (χ0) is 11.3. The minimum absolute atomic E-state index is 0.375. The lowest BCUT2D eigenvalue weighted by molar-refractivity contribution is 0.183. The van der Waals surface area contributed by atoms with Crippen molar-refractivity contribution in [3.8, 4) is 6.07 Å². The molecule has 1 unspecified atom stereocenters. The van der Waals surface area contributed by atoms with Gasteiger partial charge in [-0.2, -0.15) is 5.26 Å². The number of aliphatic hydroxyl groups is 1. The van der Waals surface area contributed by atoms with Crippen LogP contribution in [0.4, 0.5) is 11.4 Å². The van der Waals surface area contributed by atoms with Gasteiger partial charge in [-0.1, -0.05) is 6.92 Å². The molecule has 0 saturated carbocycles. The fourth-order valence-corrected chi connectivity index (χ4v) is 1.17. The van der Waals surface area contributed by atoms with Crippen LogP contribution in [0.5, 0.6) is 0 Å². The monoisotopic (exact) mass is 205 g/mol. The maximum absolute atomic E-state index is 9.36. The molecular weight excluding hydrogens is 190 g/mol. The largest absolute Gasteiger partial charge is 0.397 e. The number of aliphatic hydroxyl groups excluding tert-OH is 1. The molecule has 4 heteroatoms. The molecule has 1 rings (SSSR count). The Kier molecular flexibility index (Phi) is 3.95. The van der Waals surface area contributed by atoms with Crippen LogP contribution in [-0.4, -0.2) is 17.8 Å². The van der Waals surface area contributed by atoms with E-state index in [-0.39, 0.29) is 6.10 Å². The number of nitrogens with one attached hydrogen (secondary N) is 1. The van der Waals surface area contributed by atoms with E-state index in [1.54, 1.807) is 18.2 Å². The minimum atomic E-state index is -0.375. The first-order valence-electron chi connectivity index (χ1n) is 4.89. The van der Waals surface area contributed by atoms with Crippen LogP contribution in [0.3, 0.4) is 0 Å². The summed E-state index contributed by atoms with van der Waals surface area (Å²) in [5.74, 6) is 0. The van der Waals surface area contributed by atoms with Crippen LogP contribution in [0.15, 0.2) is 18.2 Å². The molecule has 0 aliphatic carbocycles. The summed E-state index contributed by atoms with van der Waals surface area (Å²) < 4.78 is 0. The molecule has 0 aliphatic heterocycles. The number of hydrogen-bond donors (Lipinski definition) is 3. The Morgan fingerprint density at radius 2 is 2.33 bits per heavy atom. The van der Waals surface area contributed by atoms with E-state index in [9.17, 15) is 5.11 Å². The number of rotatable bonds is 4. The average Bonchev–Trinajstić information content (AvgIpc) is 2.26. The first kappa shape index (κ1) is 11.3. The van der Waals surface area contributed by atoms with E-state index in [0.717, 1.165) is 5.69 Å². The van der Waals surface area contributed by atoms with E-state index in [1.165, 1.54) is 0 Å². The number of anilines is 2. The molecule has 1 atom stereocenters. The van der Waals surface area contributed by atoms with Crippen molar-refractivity contribution in [2.24, 2.45) is 0 Å². The standard InChI is InChI=1S/C11H15N3O/c1-2-9(15)7-14-11-4-3-8(6-12)5-10(11)13/h3-5,9,14-15H,2,7,13H2,1H3. The lowest BCUT2D eigenvalue weighted by atomic mass is 10.2. The molecule has 0 radical (unpaired) electrons. The van der Waals surface area contributed by atoms with E-state index in [2.05, 4.69) is 5.32 Å². The fourth-order valence-electron chi connectivity index (χ4n) is 1.17. The molecule has 0 fully saturated rings. The van der Waals surface area contributed by atoms with Gasteiger partial charge in [0.1, 0.15) is 0 Å². The van der Waals surface area contributed by atoms with Crippen LogP contribution in [0.1, 0.15) is 18.9 Å². The molecule has 0 amide bonds. The van der Waals surface area contributed by atoms with Crippen LogP contribution in [0, 0.1) is 11.3 Å². The van der Waals surface area contributed by atoms with E-state index in [1.807, 2.05) is 13.0 Å². The molecule has 4 N–H and O–H groups in total. The summed E-state index contributed by atoms with van der Waals surface area (Å²) in [5, 5.41) is 21.0. The van der Waals surface area contributed by atoms with Gasteiger partial charge in [0.25, 0.3) is 0 Å². The summed E-state index contributed by atoms with van der Waals surface area (Å²) in [6.07, 6.45) is 0.323. The zero-order valence-corrected chi connectivity index (χ0v) is 8.70. The second-order valence-corrected chi connectivity index (χ2v) is 3.36. The molecule has 1 aromatic carbocycles. The van der Waals surface area contributed by atoms with Gasteiger partial charge in [-0.3, -0.25) is 0 Å². The van der Waals surface area contributed by atoms with Gasteiger partial charge in [-0.25, -0.2) is 0 Å². The van der Waals surface area contributed by atoms with Crippen LogP contribution in [0.2, 0.25) is 0 Å². The summed E-state index contributed by atoms with van der Waals surface area (Å²) >= 11 is 0. The molecule has 0 bridgehead atoms. The smallest absolute Gasteiger partial charge is 0.0992 e. The van der Waals surface area contributed by atoms with Gasteiger partial charge < -0.3 is 16.2 Å². The van der Waals surface area contributed by atoms with E-state index < -0.39 is 0 Å². The van der Waals surface area contributed by atoms with Gasteiger partial charge in [-0.15, -0.1) is 0 Å². The summed E-state index contributed by atoms with van der Waals surface area (Å²) in [6, 6.07) is 7.06. The van der Waals surface area contributed by atoms with Crippen molar-refractivity contribution in [3.63, 3.8) is 0 Å². The van der Waals surface area contributed by atoms with Crippen molar-refractivity contribution >= 4 is 11.4 Å². The van der Waals surface area contributed by atoms with Crippen LogP contribution < -0.4 is 11.1 Å². The second-order valence-electron chi connectivity index (χ2n) is 3.36. The Hall–Kier alpha value is -1.73. The molecule has 0 spiro atoms. The van der Waals surface area contributed by atoms with Gasteiger partial charge in [0, 0.05) is 6.54 Å². The molecule has 0 aromatic heterocycles. The Morgan fingerprint density at radius 3 is 2.87 bits per heavy atom. The number of nitriles is 1. The summed E-state index contributed by atoms with van der Waals surface area (Å²) in [5.41, 5.74) is 7.54. The van der Waals surface area contributed by atoms with Gasteiger partial charge in [0.05, 0.1) is 29.1 Å². The lowest BCUT2D eigenvalue weighted by Crippen LogP contribution is -2.18. The maximum atomic E-state index is 9.36. The van der Waals surface area contributed by atoms with Crippen LogP contribution in [-0.2, 0) is 0 Å². The third kappa shape index (κ3) is 3.15. The third-order valence-corrected chi connectivity index (χ3v) is 2.18. The molecule has 0 aliphatic rings. The first-order valence-corrected chi connectivity index (χ1v) is 4.89. The van der Waals surface area contributed by atoms with Crippen LogP contribution in [0.25, 0.3) is 0 Å². The van der Waals surface area contributed by atoms with Crippen molar-refractivity contribution in [1.29, 1.82) is 5.26 Å². The highest BCUT2D eigenvalue weighted by molar-refractivity contribution is 5.68. The SMILES string of the molecule is CCC(O)CNc1ccc(C#N)cc1N. The Morgan fingerprint density at radius 1 is 1.60 bits per heavy atom. The predicted octanol–water partition coefficient (Wildman–Crippen LogP) is 1.32. The van der Waals surface area contributed by atoms with E-state index in [4.69, 9.17) is 11.0 Å². The molecular formula is C11H15N3O. The minimum Gasteiger partial charge on any atom is -0.397 e. The van der Waals surface area contributed by atoms with E-state index in [0.29, 0.717) is 24.2 Å². The quantitative estimate of drug-likeness (QED) is 0.647. The highest BCUT2D eigenvalue weighted by Crippen LogP contribution is 2.19. The Labute approximate surface area is 89.3 Å². The second kappa shape index (κ2) is 5.23. The molecule has 0 saturated heterocycles. The Balaban J connectivity index is 2.67.